The molecule has 0 aromatic rings. The van der Waals surface area contributed by atoms with Crippen molar-refractivity contribution in [1.82, 2.24) is 5.32 Å². The van der Waals surface area contributed by atoms with E-state index in [4.69, 9.17) is 14.2 Å². The highest BCUT2D eigenvalue weighted by Crippen LogP contribution is 2.15. The first-order valence-corrected chi connectivity index (χ1v) is 7.13. The first kappa shape index (κ1) is 19.3. The number of carboxylic acids is 1. The van der Waals surface area contributed by atoms with Crippen molar-refractivity contribution in [2.75, 3.05) is 40.1 Å². The summed E-state index contributed by atoms with van der Waals surface area (Å²) in [6, 6.07) is 0. The zero-order valence-electron chi connectivity index (χ0n) is 13.1. The highest BCUT2D eigenvalue weighted by Gasteiger charge is 2.33. The Labute approximate surface area is 121 Å². The van der Waals surface area contributed by atoms with Crippen LogP contribution in [0.3, 0.4) is 0 Å². The van der Waals surface area contributed by atoms with Crippen molar-refractivity contribution in [3.8, 4) is 0 Å². The normalized spacial score (nSPS) is 15.8. The van der Waals surface area contributed by atoms with Gasteiger partial charge in [-0.25, -0.2) is 0 Å². The van der Waals surface area contributed by atoms with Crippen molar-refractivity contribution in [1.29, 1.82) is 0 Å². The number of nitrogens with one attached hydrogen (secondary N) is 1. The lowest BCUT2D eigenvalue weighted by atomic mass is 9.95. The maximum Gasteiger partial charge on any atom is 0.323 e. The third kappa shape index (κ3) is 8.47. The standard InChI is InChI=1S/C14H29NO5/c1-5-15-14(3,13(16)17)11-12(2)20-8-6-7-19-10-9-18-4/h12,15H,5-11H2,1-4H3,(H,16,17). The third-order valence-corrected chi connectivity index (χ3v) is 3.00. The second-order valence-electron chi connectivity index (χ2n) is 5.01. The number of aliphatic carboxylic acids is 1. The van der Waals surface area contributed by atoms with Crippen LogP contribution in [-0.4, -0.2) is 62.8 Å². The highest BCUT2D eigenvalue weighted by atomic mass is 16.5. The first-order valence-electron chi connectivity index (χ1n) is 7.13. The number of hydrogen-bond acceptors (Lipinski definition) is 5. The molecule has 0 aromatic carbocycles. The number of hydrogen-bond donors (Lipinski definition) is 2. The Morgan fingerprint density at radius 1 is 1.30 bits per heavy atom. The number of carboxylic acid groups (broad SMARTS) is 1. The molecule has 0 spiro atoms. The lowest BCUT2D eigenvalue weighted by molar-refractivity contribution is -0.145. The van der Waals surface area contributed by atoms with Gasteiger partial charge in [-0.1, -0.05) is 6.92 Å². The molecule has 0 bridgehead atoms. The Bertz CT molecular complexity index is 262. The van der Waals surface area contributed by atoms with Gasteiger partial charge in [0, 0.05) is 26.7 Å². The molecule has 2 unspecified atom stereocenters. The number of ether oxygens (including phenoxy) is 3. The Kier molecular flexibility index (Phi) is 10.6. The maximum absolute atomic E-state index is 11.3. The molecule has 0 aromatic heterocycles. The smallest absolute Gasteiger partial charge is 0.323 e. The van der Waals surface area contributed by atoms with Crippen LogP contribution in [-0.2, 0) is 19.0 Å². The summed E-state index contributed by atoms with van der Waals surface area (Å²) in [4.78, 5) is 11.3. The predicted molar refractivity (Wildman–Crippen MR) is 77.1 cm³/mol. The van der Waals surface area contributed by atoms with Crippen LogP contribution in [0.1, 0.15) is 33.6 Å². The zero-order valence-corrected chi connectivity index (χ0v) is 13.1. The summed E-state index contributed by atoms with van der Waals surface area (Å²) in [6.07, 6.45) is 1.11. The lowest BCUT2D eigenvalue weighted by Crippen LogP contribution is -2.51. The molecule has 20 heavy (non-hydrogen) atoms. The summed E-state index contributed by atoms with van der Waals surface area (Å²) < 4.78 is 15.8. The van der Waals surface area contributed by atoms with E-state index < -0.39 is 11.5 Å². The molecule has 6 nitrogen and oxygen atoms in total. The molecule has 0 rings (SSSR count). The minimum Gasteiger partial charge on any atom is -0.480 e. The van der Waals surface area contributed by atoms with Gasteiger partial charge in [-0.15, -0.1) is 0 Å². The fourth-order valence-corrected chi connectivity index (χ4v) is 1.95. The van der Waals surface area contributed by atoms with E-state index in [9.17, 15) is 9.90 Å². The van der Waals surface area contributed by atoms with Crippen LogP contribution < -0.4 is 5.32 Å². The van der Waals surface area contributed by atoms with Crippen LogP contribution in [0, 0.1) is 0 Å². The minimum absolute atomic E-state index is 0.117. The van der Waals surface area contributed by atoms with Crippen LogP contribution >= 0.6 is 0 Å². The van der Waals surface area contributed by atoms with Crippen molar-refractivity contribution in [3.63, 3.8) is 0 Å². The molecular weight excluding hydrogens is 262 g/mol. The van der Waals surface area contributed by atoms with Crippen molar-refractivity contribution < 1.29 is 24.1 Å². The Balaban J connectivity index is 3.80. The molecule has 0 fully saturated rings. The van der Waals surface area contributed by atoms with E-state index in [2.05, 4.69) is 5.32 Å². The van der Waals surface area contributed by atoms with Crippen LogP contribution in [0.15, 0.2) is 0 Å². The topological polar surface area (TPSA) is 77.0 Å². The second-order valence-corrected chi connectivity index (χ2v) is 5.01. The molecule has 2 N–H and O–H groups in total. The molecule has 0 aliphatic rings. The fraction of sp³-hybridized carbons (Fsp3) is 0.929. The van der Waals surface area contributed by atoms with E-state index in [0.717, 1.165) is 6.42 Å². The van der Waals surface area contributed by atoms with E-state index in [1.54, 1.807) is 14.0 Å². The van der Waals surface area contributed by atoms with Gasteiger partial charge in [0.1, 0.15) is 5.54 Å². The minimum atomic E-state index is -0.941. The first-order chi connectivity index (χ1) is 9.46. The quantitative estimate of drug-likeness (QED) is 0.498. The molecule has 0 radical (unpaired) electrons. The van der Waals surface area contributed by atoms with Crippen molar-refractivity contribution in [2.24, 2.45) is 0 Å². The van der Waals surface area contributed by atoms with E-state index in [-0.39, 0.29) is 6.10 Å². The van der Waals surface area contributed by atoms with Crippen LogP contribution in [0.4, 0.5) is 0 Å². The number of carbonyl (C=O) groups is 1. The highest BCUT2D eigenvalue weighted by molar-refractivity contribution is 5.78. The van der Waals surface area contributed by atoms with E-state index in [0.29, 0.717) is 39.4 Å². The summed E-state index contributed by atoms with van der Waals surface area (Å²) in [6.45, 7) is 8.46. The summed E-state index contributed by atoms with van der Waals surface area (Å²) in [5.41, 5.74) is -0.941. The van der Waals surface area contributed by atoms with Crippen LogP contribution in [0.5, 0.6) is 0 Å². The number of rotatable bonds is 13. The van der Waals surface area contributed by atoms with Gasteiger partial charge in [-0.2, -0.15) is 0 Å². The largest absolute Gasteiger partial charge is 0.480 e. The van der Waals surface area contributed by atoms with Crippen LogP contribution in [0.2, 0.25) is 0 Å². The Hall–Kier alpha value is -0.690. The van der Waals surface area contributed by atoms with Crippen LogP contribution in [0.25, 0.3) is 0 Å². The Morgan fingerprint density at radius 2 is 2.00 bits per heavy atom. The molecule has 0 heterocycles. The summed E-state index contributed by atoms with van der Waals surface area (Å²) in [5.74, 6) is -0.849. The van der Waals surface area contributed by atoms with Gasteiger partial charge >= 0.3 is 5.97 Å². The van der Waals surface area contributed by atoms with Gasteiger partial charge in [0.15, 0.2) is 0 Å². The SMILES string of the molecule is CCNC(C)(CC(C)OCCCOCCOC)C(=O)O. The van der Waals surface area contributed by atoms with Gasteiger partial charge in [0.25, 0.3) is 0 Å². The molecule has 0 saturated heterocycles. The fourth-order valence-electron chi connectivity index (χ4n) is 1.95. The monoisotopic (exact) mass is 291 g/mol. The van der Waals surface area contributed by atoms with Gasteiger partial charge in [-0.3, -0.25) is 4.79 Å². The summed E-state index contributed by atoms with van der Waals surface area (Å²) in [5, 5.41) is 12.3. The van der Waals surface area contributed by atoms with E-state index >= 15 is 0 Å². The number of methoxy groups -OCH3 is 1. The van der Waals surface area contributed by atoms with E-state index in [1.165, 1.54) is 0 Å². The predicted octanol–water partition coefficient (Wildman–Crippen LogP) is 1.29. The van der Waals surface area contributed by atoms with Gasteiger partial charge in [-0.05, 0) is 26.8 Å². The molecule has 0 aliphatic heterocycles. The van der Waals surface area contributed by atoms with Gasteiger partial charge in [0.05, 0.1) is 19.3 Å². The zero-order chi connectivity index (χ0) is 15.4. The molecular formula is C14H29NO5. The molecule has 0 saturated carbocycles. The van der Waals surface area contributed by atoms with E-state index in [1.807, 2.05) is 13.8 Å². The lowest BCUT2D eigenvalue weighted by Gasteiger charge is -2.28. The average molecular weight is 291 g/mol. The van der Waals surface area contributed by atoms with Gasteiger partial charge in [0.2, 0.25) is 0 Å². The summed E-state index contributed by atoms with van der Waals surface area (Å²) in [7, 11) is 1.64. The maximum atomic E-state index is 11.3. The molecule has 6 heteroatoms. The van der Waals surface area contributed by atoms with Crippen molar-refractivity contribution in [3.05, 3.63) is 0 Å². The third-order valence-electron chi connectivity index (χ3n) is 3.00. The van der Waals surface area contributed by atoms with Crippen molar-refractivity contribution >= 4 is 5.97 Å². The van der Waals surface area contributed by atoms with Crippen molar-refractivity contribution in [2.45, 2.75) is 45.3 Å². The molecule has 0 aliphatic carbocycles. The second kappa shape index (κ2) is 11.0. The van der Waals surface area contributed by atoms with Gasteiger partial charge < -0.3 is 24.6 Å². The Morgan fingerprint density at radius 3 is 2.55 bits per heavy atom. The number of likely N-dealkylation sites (N-methyl/N-ethyl adjacent to an activating group) is 1. The molecule has 2 atom stereocenters. The molecule has 0 amide bonds. The summed E-state index contributed by atoms with van der Waals surface area (Å²) >= 11 is 0. The molecule has 120 valence electrons. The average Bonchev–Trinajstić information content (AvgIpc) is 2.37.